The first-order valence-corrected chi connectivity index (χ1v) is 9.84. The van der Waals surface area contributed by atoms with Gasteiger partial charge in [-0.2, -0.15) is 0 Å². The molecular weight excluding hydrogens is 380 g/mol. The van der Waals surface area contributed by atoms with Crippen LogP contribution in [0.3, 0.4) is 0 Å². The molecule has 8 nitrogen and oxygen atoms in total. The Balaban J connectivity index is 1.86. The first-order valence-electron chi connectivity index (χ1n) is 7.81. The fourth-order valence-corrected chi connectivity index (χ4v) is 4.19. The van der Waals surface area contributed by atoms with Crippen molar-refractivity contribution < 1.29 is 8.42 Å². The van der Waals surface area contributed by atoms with Gasteiger partial charge in [0.1, 0.15) is 0 Å². The molecule has 0 spiro atoms. The van der Waals surface area contributed by atoms with Crippen LogP contribution < -0.4 is 11.2 Å². The zero-order valence-corrected chi connectivity index (χ0v) is 15.8. The van der Waals surface area contributed by atoms with E-state index in [-0.39, 0.29) is 23.6 Å². The normalized spacial score (nSPS) is 12.0. The molecule has 138 valence electrons. The molecular formula is C16H17ClN4O4S. The lowest BCUT2D eigenvalue weighted by molar-refractivity contribution is 0.569. The smallest absolute Gasteiger partial charge is 0.328 e. The number of nitrogens with zero attached hydrogens (tertiary/aromatic N) is 4. The van der Waals surface area contributed by atoms with Crippen molar-refractivity contribution in [2.75, 3.05) is 5.75 Å². The van der Waals surface area contributed by atoms with Crippen LogP contribution >= 0.6 is 11.6 Å². The van der Waals surface area contributed by atoms with Crippen LogP contribution in [0, 0.1) is 0 Å². The van der Waals surface area contributed by atoms with E-state index in [0.29, 0.717) is 16.2 Å². The number of benzene rings is 1. The minimum absolute atomic E-state index is 0.000549. The molecule has 0 saturated carbocycles. The highest BCUT2D eigenvalue weighted by Gasteiger charge is 2.17. The summed E-state index contributed by atoms with van der Waals surface area (Å²) >= 11 is 5.77. The quantitative estimate of drug-likeness (QED) is 0.639. The van der Waals surface area contributed by atoms with E-state index < -0.39 is 21.1 Å². The first-order chi connectivity index (χ1) is 12.2. The van der Waals surface area contributed by atoms with Gasteiger partial charge < -0.3 is 4.57 Å². The number of sulfone groups is 1. The highest BCUT2D eigenvalue weighted by molar-refractivity contribution is 7.91. The fraction of sp³-hybridized carbons (Fsp3) is 0.312. The van der Waals surface area contributed by atoms with Crippen molar-refractivity contribution in [1.82, 2.24) is 18.7 Å². The van der Waals surface area contributed by atoms with Crippen molar-refractivity contribution in [3.8, 4) is 0 Å². The minimum Gasteiger partial charge on any atom is -0.328 e. The number of aromatic nitrogens is 4. The van der Waals surface area contributed by atoms with Crippen LogP contribution in [0.2, 0.25) is 5.02 Å². The van der Waals surface area contributed by atoms with Crippen molar-refractivity contribution in [1.29, 1.82) is 0 Å². The maximum Gasteiger partial charge on any atom is 0.332 e. The molecule has 3 rings (SSSR count). The van der Waals surface area contributed by atoms with E-state index in [1.165, 1.54) is 46.8 Å². The van der Waals surface area contributed by atoms with Crippen LogP contribution in [-0.4, -0.2) is 32.9 Å². The topological polar surface area (TPSA) is 96.0 Å². The molecule has 0 aliphatic heterocycles. The average molecular weight is 397 g/mol. The van der Waals surface area contributed by atoms with Gasteiger partial charge in [-0.25, -0.2) is 18.2 Å². The SMILES string of the molecule is Cn1cnc2c1c(=O)n(CCCS(=O)(=O)c1ccc(Cl)cc1)c(=O)n2C. The van der Waals surface area contributed by atoms with E-state index in [4.69, 9.17) is 11.6 Å². The molecule has 0 N–H and O–H groups in total. The third-order valence-corrected chi connectivity index (χ3v) is 6.24. The second-order valence-corrected chi connectivity index (χ2v) is 8.50. The van der Waals surface area contributed by atoms with Crippen molar-refractivity contribution in [2.24, 2.45) is 14.1 Å². The number of halogens is 1. The number of hydrogen-bond acceptors (Lipinski definition) is 5. The molecule has 0 bridgehead atoms. The second-order valence-electron chi connectivity index (χ2n) is 5.95. The van der Waals surface area contributed by atoms with Gasteiger partial charge in [0, 0.05) is 25.7 Å². The number of fused-ring (bicyclic) bond motifs is 1. The molecule has 0 aliphatic carbocycles. The molecule has 2 aromatic heterocycles. The summed E-state index contributed by atoms with van der Waals surface area (Å²) in [5, 5.41) is 0.448. The Morgan fingerprint density at radius 1 is 1.12 bits per heavy atom. The molecule has 0 unspecified atom stereocenters. The lowest BCUT2D eigenvalue weighted by Crippen LogP contribution is -2.39. The van der Waals surface area contributed by atoms with Gasteiger partial charge in [0.25, 0.3) is 5.56 Å². The fourth-order valence-electron chi connectivity index (χ4n) is 2.77. The Kier molecular flexibility index (Phi) is 4.76. The highest BCUT2D eigenvalue weighted by atomic mass is 35.5. The number of hydrogen-bond donors (Lipinski definition) is 0. The predicted octanol–water partition coefficient (Wildman–Crippen LogP) is 0.951. The summed E-state index contributed by atoms with van der Waals surface area (Å²) in [6, 6.07) is 5.88. The van der Waals surface area contributed by atoms with Gasteiger partial charge in [-0.05, 0) is 30.7 Å². The third kappa shape index (κ3) is 3.19. The summed E-state index contributed by atoms with van der Waals surface area (Å²) in [4.78, 5) is 29.2. The maximum absolute atomic E-state index is 12.6. The van der Waals surface area contributed by atoms with E-state index >= 15 is 0 Å². The summed E-state index contributed by atoms with van der Waals surface area (Å²) in [5.74, 6) is -0.187. The first kappa shape index (κ1) is 18.4. The van der Waals surface area contributed by atoms with Crippen LogP contribution in [0.4, 0.5) is 0 Å². The highest BCUT2D eigenvalue weighted by Crippen LogP contribution is 2.16. The molecule has 0 aliphatic rings. The van der Waals surface area contributed by atoms with E-state index in [1.807, 2.05) is 0 Å². The van der Waals surface area contributed by atoms with E-state index in [9.17, 15) is 18.0 Å². The van der Waals surface area contributed by atoms with Gasteiger partial charge in [-0.3, -0.25) is 13.9 Å². The van der Waals surface area contributed by atoms with Crippen LogP contribution in [0.15, 0.2) is 45.1 Å². The maximum atomic E-state index is 12.6. The van der Waals surface area contributed by atoms with Gasteiger partial charge in [0.05, 0.1) is 17.0 Å². The standard InChI is InChI=1S/C16H17ClN4O4S/c1-19-10-18-14-13(19)15(22)21(16(23)20(14)2)8-3-9-26(24,25)12-6-4-11(17)5-7-12/h4-7,10H,3,8-9H2,1-2H3. The molecule has 0 fully saturated rings. The molecule has 0 radical (unpaired) electrons. The average Bonchev–Trinajstić information content (AvgIpc) is 2.98. The van der Waals surface area contributed by atoms with Gasteiger partial charge in [-0.15, -0.1) is 0 Å². The zero-order valence-electron chi connectivity index (χ0n) is 14.2. The second kappa shape index (κ2) is 6.73. The molecule has 3 aromatic rings. The summed E-state index contributed by atoms with van der Waals surface area (Å²) < 4.78 is 28.6. The summed E-state index contributed by atoms with van der Waals surface area (Å²) in [5.41, 5.74) is -0.405. The molecule has 10 heteroatoms. The lowest BCUT2D eigenvalue weighted by Gasteiger charge is -2.09. The van der Waals surface area contributed by atoms with Crippen LogP contribution in [0.25, 0.3) is 11.2 Å². The van der Waals surface area contributed by atoms with Crippen molar-refractivity contribution in [2.45, 2.75) is 17.9 Å². The molecule has 0 saturated heterocycles. The summed E-state index contributed by atoms with van der Waals surface area (Å²) in [7, 11) is -0.334. The van der Waals surface area contributed by atoms with E-state index in [1.54, 1.807) is 7.05 Å². The van der Waals surface area contributed by atoms with Crippen molar-refractivity contribution >= 4 is 32.6 Å². The molecule has 2 heterocycles. The van der Waals surface area contributed by atoms with Crippen LogP contribution in [-0.2, 0) is 30.5 Å². The zero-order chi connectivity index (χ0) is 19.1. The van der Waals surface area contributed by atoms with Gasteiger partial charge in [0.15, 0.2) is 21.0 Å². The van der Waals surface area contributed by atoms with Crippen molar-refractivity contribution in [3.05, 3.63) is 56.5 Å². The number of imidazole rings is 1. The third-order valence-electron chi connectivity index (χ3n) is 4.17. The van der Waals surface area contributed by atoms with Gasteiger partial charge >= 0.3 is 5.69 Å². The molecule has 1 aromatic carbocycles. The monoisotopic (exact) mass is 396 g/mol. The van der Waals surface area contributed by atoms with Crippen LogP contribution in [0.1, 0.15) is 6.42 Å². The number of rotatable bonds is 5. The van der Waals surface area contributed by atoms with Crippen LogP contribution in [0.5, 0.6) is 0 Å². The van der Waals surface area contributed by atoms with E-state index in [2.05, 4.69) is 4.98 Å². The lowest BCUT2D eigenvalue weighted by atomic mass is 10.4. The largest absolute Gasteiger partial charge is 0.332 e. The Labute approximate surface area is 154 Å². The van der Waals surface area contributed by atoms with E-state index in [0.717, 1.165) is 4.57 Å². The number of aryl methyl sites for hydroxylation is 2. The Morgan fingerprint density at radius 3 is 2.42 bits per heavy atom. The minimum atomic E-state index is -3.52. The Hall–Kier alpha value is -2.39. The van der Waals surface area contributed by atoms with Crippen molar-refractivity contribution in [3.63, 3.8) is 0 Å². The van der Waals surface area contributed by atoms with Gasteiger partial charge in [0.2, 0.25) is 0 Å². The molecule has 0 amide bonds. The summed E-state index contributed by atoms with van der Waals surface area (Å²) in [6.45, 7) is -0.000549. The Bertz CT molecular complexity index is 1190. The predicted molar refractivity (Wildman–Crippen MR) is 98.3 cm³/mol. The Morgan fingerprint density at radius 2 is 1.77 bits per heavy atom. The van der Waals surface area contributed by atoms with Gasteiger partial charge in [-0.1, -0.05) is 11.6 Å². The summed E-state index contributed by atoms with van der Waals surface area (Å²) in [6.07, 6.45) is 1.59. The molecule has 0 atom stereocenters. The molecule has 26 heavy (non-hydrogen) atoms.